The first-order valence-corrected chi connectivity index (χ1v) is 9.72. The van der Waals surface area contributed by atoms with Crippen molar-refractivity contribution in [3.05, 3.63) is 42.3 Å². The molecule has 1 fully saturated rings. The molecule has 0 radical (unpaired) electrons. The molecule has 32 heavy (non-hydrogen) atoms. The van der Waals surface area contributed by atoms with E-state index in [1.165, 1.54) is 28.9 Å². The number of carbonyl (C=O) groups is 2. The summed E-state index contributed by atoms with van der Waals surface area (Å²) >= 11 is 0. The first-order valence-electron chi connectivity index (χ1n) is 9.72. The summed E-state index contributed by atoms with van der Waals surface area (Å²) in [6.45, 7) is 1.49. The zero-order chi connectivity index (χ0) is 22.8. The van der Waals surface area contributed by atoms with Gasteiger partial charge in [0.25, 0.3) is 0 Å². The Kier molecular flexibility index (Phi) is 5.77. The quantitative estimate of drug-likeness (QED) is 0.561. The van der Waals surface area contributed by atoms with Crippen LogP contribution in [-0.2, 0) is 21.3 Å². The fraction of sp³-hybridized carbons (Fsp3) is 0.300. The summed E-state index contributed by atoms with van der Waals surface area (Å²) in [6, 6.07) is 7.00. The summed E-state index contributed by atoms with van der Waals surface area (Å²) in [4.78, 5) is 30.5. The third kappa shape index (κ3) is 4.39. The number of aryl methyl sites for hydroxylation is 1. The number of nitrogens with zero attached hydrogens (tertiary/aromatic N) is 6. The minimum absolute atomic E-state index is 0.116. The lowest BCUT2D eigenvalue weighted by molar-refractivity contribution is -0.147. The molecule has 0 spiro atoms. The monoisotopic (exact) mass is 441 g/mol. The maximum atomic E-state index is 14.9. The molecule has 0 aliphatic carbocycles. The van der Waals surface area contributed by atoms with E-state index in [-0.39, 0.29) is 13.2 Å². The van der Waals surface area contributed by atoms with E-state index >= 15 is 0 Å². The van der Waals surface area contributed by atoms with Crippen LogP contribution in [0.1, 0.15) is 6.92 Å². The van der Waals surface area contributed by atoms with Crippen LogP contribution in [-0.4, -0.2) is 62.6 Å². The predicted molar refractivity (Wildman–Crippen MR) is 110 cm³/mol. The second-order valence-corrected chi connectivity index (χ2v) is 7.23. The highest BCUT2D eigenvalue weighted by Gasteiger charge is 2.33. The summed E-state index contributed by atoms with van der Waals surface area (Å²) in [5, 5.41) is 11.7. The molecule has 1 aliphatic rings. The lowest BCUT2D eigenvalue weighted by Crippen LogP contribution is -2.32. The van der Waals surface area contributed by atoms with Gasteiger partial charge in [-0.2, -0.15) is 4.80 Å². The maximum absolute atomic E-state index is 14.9. The highest BCUT2D eigenvalue weighted by atomic mass is 19.1. The molecule has 0 bridgehead atoms. The molecule has 11 nitrogen and oxygen atoms in total. The molecule has 4 rings (SSSR count). The van der Waals surface area contributed by atoms with Crippen molar-refractivity contribution in [1.29, 1.82) is 0 Å². The van der Waals surface area contributed by atoms with Crippen LogP contribution in [0.15, 0.2) is 36.5 Å². The molecular formula is C20H20FN7O4. The first-order chi connectivity index (χ1) is 15.3. The van der Waals surface area contributed by atoms with Crippen LogP contribution in [0.3, 0.4) is 0 Å². The second-order valence-electron chi connectivity index (χ2n) is 7.23. The van der Waals surface area contributed by atoms with Crippen molar-refractivity contribution in [3.8, 4) is 22.6 Å². The lowest BCUT2D eigenvalue weighted by atomic mass is 10.1. The van der Waals surface area contributed by atoms with Crippen LogP contribution in [0.2, 0.25) is 0 Å². The van der Waals surface area contributed by atoms with Crippen LogP contribution in [0.4, 0.5) is 14.9 Å². The van der Waals surface area contributed by atoms with Gasteiger partial charge in [-0.15, -0.1) is 10.2 Å². The average Bonchev–Trinajstić information content (AvgIpc) is 3.37. The number of nitrogens with two attached hydrogens (primary N) is 1. The average molecular weight is 441 g/mol. The van der Waals surface area contributed by atoms with Crippen molar-refractivity contribution >= 4 is 17.7 Å². The van der Waals surface area contributed by atoms with Crippen LogP contribution in [0.25, 0.3) is 22.6 Å². The second kappa shape index (κ2) is 8.67. The Balaban J connectivity index is 1.46. The number of ether oxygens (including phenoxy) is 2. The summed E-state index contributed by atoms with van der Waals surface area (Å²) < 4.78 is 25.0. The van der Waals surface area contributed by atoms with Crippen molar-refractivity contribution in [2.45, 2.75) is 19.1 Å². The fourth-order valence-electron chi connectivity index (χ4n) is 3.10. The number of benzene rings is 1. The van der Waals surface area contributed by atoms with E-state index < -0.39 is 30.0 Å². The fourth-order valence-corrected chi connectivity index (χ4v) is 3.10. The standard InChI is InChI=1S/C20H20FN7O4/c1-11(22)19(29)31-10-14-9-28(20(30)32-14)13-4-5-15(16(21)7-13)12-3-6-17(23-8-12)18-24-26-27(2)25-18/h3-8,11,14H,9-10,22H2,1-2H3/t11-,14+/m0/s1. The van der Waals surface area contributed by atoms with Gasteiger partial charge in [-0.25, -0.2) is 9.18 Å². The highest BCUT2D eigenvalue weighted by Crippen LogP contribution is 2.29. The van der Waals surface area contributed by atoms with Crippen LogP contribution in [0, 0.1) is 5.82 Å². The van der Waals surface area contributed by atoms with Gasteiger partial charge in [0.15, 0.2) is 6.10 Å². The molecular weight excluding hydrogens is 421 g/mol. The Labute approximate surface area is 181 Å². The Morgan fingerprint density at radius 3 is 2.81 bits per heavy atom. The number of tetrazole rings is 1. The van der Waals surface area contributed by atoms with Crippen LogP contribution < -0.4 is 10.6 Å². The molecule has 1 saturated heterocycles. The molecule has 12 heteroatoms. The van der Waals surface area contributed by atoms with Crippen molar-refractivity contribution in [2.75, 3.05) is 18.1 Å². The Bertz CT molecular complexity index is 1150. The number of halogens is 1. The summed E-state index contributed by atoms with van der Waals surface area (Å²) in [5.41, 5.74) is 7.13. The molecule has 0 saturated carbocycles. The molecule has 1 aromatic carbocycles. The van der Waals surface area contributed by atoms with Gasteiger partial charge in [0, 0.05) is 17.3 Å². The number of hydrogen-bond donors (Lipinski definition) is 1. The minimum Gasteiger partial charge on any atom is -0.461 e. The third-order valence-electron chi connectivity index (χ3n) is 4.73. The molecule has 2 aromatic heterocycles. The predicted octanol–water partition coefficient (Wildman–Crippen LogP) is 1.29. The zero-order valence-electron chi connectivity index (χ0n) is 17.3. The third-order valence-corrected chi connectivity index (χ3v) is 4.73. The minimum atomic E-state index is -0.773. The summed E-state index contributed by atoms with van der Waals surface area (Å²) in [7, 11) is 1.65. The van der Waals surface area contributed by atoms with Gasteiger partial charge in [0.2, 0.25) is 5.82 Å². The number of pyridine rings is 1. The van der Waals surface area contributed by atoms with Gasteiger partial charge in [0.1, 0.15) is 24.2 Å². The molecule has 0 unspecified atom stereocenters. The number of rotatable bonds is 6. The molecule has 3 aromatic rings. The van der Waals surface area contributed by atoms with Gasteiger partial charge >= 0.3 is 12.1 Å². The van der Waals surface area contributed by atoms with Gasteiger partial charge in [0.05, 0.1) is 19.3 Å². The normalized spacial score (nSPS) is 16.7. The largest absolute Gasteiger partial charge is 0.461 e. The van der Waals surface area contributed by atoms with Gasteiger partial charge < -0.3 is 15.2 Å². The van der Waals surface area contributed by atoms with Crippen molar-refractivity contribution in [1.82, 2.24) is 25.2 Å². The number of hydrogen-bond acceptors (Lipinski definition) is 9. The van der Waals surface area contributed by atoms with Crippen LogP contribution in [0.5, 0.6) is 0 Å². The molecule has 3 heterocycles. The first kappa shape index (κ1) is 21.3. The maximum Gasteiger partial charge on any atom is 0.414 e. The summed E-state index contributed by atoms with van der Waals surface area (Å²) in [6.07, 6.45) is 0.192. The molecule has 1 amide bonds. The smallest absolute Gasteiger partial charge is 0.414 e. The van der Waals surface area contributed by atoms with E-state index in [0.717, 1.165) is 0 Å². The van der Waals surface area contributed by atoms with E-state index in [0.29, 0.717) is 28.3 Å². The van der Waals surface area contributed by atoms with E-state index in [1.54, 1.807) is 31.3 Å². The van der Waals surface area contributed by atoms with E-state index in [4.69, 9.17) is 15.2 Å². The van der Waals surface area contributed by atoms with E-state index in [2.05, 4.69) is 20.4 Å². The number of esters is 1. The number of carbonyl (C=O) groups excluding carboxylic acids is 2. The van der Waals surface area contributed by atoms with Crippen molar-refractivity contribution in [2.24, 2.45) is 12.8 Å². The Hall–Kier alpha value is -3.93. The van der Waals surface area contributed by atoms with E-state index in [1.807, 2.05) is 0 Å². The molecule has 166 valence electrons. The molecule has 1 aliphatic heterocycles. The topological polar surface area (TPSA) is 138 Å². The van der Waals surface area contributed by atoms with Crippen LogP contribution >= 0.6 is 0 Å². The van der Waals surface area contributed by atoms with E-state index in [9.17, 15) is 14.0 Å². The lowest BCUT2D eigenvalue weighted by Gasteiger charge is -2.14. The number of aromatic nitrogens is 5. The van der Waals surface area contributed by atoms with Gasteiger partial charge in [-0.05, 0) is 36.4 Å². The van der Waals surface area contributed by atoms with Crippen molar-refractivity contribution in [3.63, 3.8) is 0 Å². The van der Waals surface area contributed by atoms with Gasteiger partial charge in [-0.1, -0.05) is 6.07 Å². The highest BCUT2D eigenvalue weighted by molar-refractivity contribution is 5.90. The molecule has 2 N–H and O–H groups in total. The zero-order valence-corrected chi connectivity index (χ0v) is 17.3. The SMILES string of the molecule is C[C@H](N)C(=O)OC[C@H]1CN(c2ccc(-c3ccc(-c4nnn(C)n4)nc3)c(F)c2)C(=O)O1. The Morgan fingerprint density at radius 1 is 1.38 bits per heavy atom. The number of cyclic esters (lactones) is 1. The number of amides is 1. The Morgan fingerprint density at radius 2 is 2.19 bits per heavy atom. The summed E-state index contributed by atoms with van der Waals surface area (Å²) in [5.74, 6) is -0.762. The molecule has 2 atom stereocenters. The number of anilines is 1. The van der Waals surface area contributed by atoms with Crippen molar-refractivity contribution < 1.29 is 23.5 Å². The van der Waals surface area contributed by atoms with Gasteiger partial charge in [-0.3, -0.25) is 14.7 Å².